The van der Waals surface area contributed by atoms with Crippen molar-refractivity contribution in [2.75, 3.05) is 0 Å². The van der Waals surface area contributed by atoms with E-state index in [0.29, 0.717) is 0 Å². The van der Waals surface area contributed by atoms with Gasteiger partial charge in [0.1, 0.15) is 0 Å². The van der Waals surface area contributed by atoms with Gasteiger partial charge in [-0.05, 0) is 60.7 Å². The minimum absolute atomic E-state index is 0.0101. The molecule has 4 heteroatoms. The van der Waals surface area contributed by atoms with Crippen LogP contribution in [0.3, 0.4) is 0 Å². The maximum absolute atomic E-state index is 5.05. The summed E-state index contributed by atoms with van der Waals surface area (Å²) in [4.78, 5) is 0. The first kappa shape index (κ1) is 11.4. The molecule has 0 aromatic rings. The normalized spacial score (nSPS) is 8.20. The van der Waals surface area contributed by atoms with Crippen molar-refractivity contribution in [1.82, 2.24) is 0 Å². The molecule has 0 heterocycles. The first-order valence-corrected chi connectivity index (χ1v) is 10.8. The number of hydrogen-bond acceptors (Lipinski definition) is 1. The molecule has 0 aromatic carbocycles. The van der Waals surface area contributed by atoms with Gasteiger partial charge in [-0.2, -0.15) is 0 Å². The van der Waals surface area contributed by atoms with E-state index in [-0.39, 0.29) is 2.41 Å². The highest BCUT2D eigenvalue weighted by Gasteiger charge is 1.90. The van der Waals surface area contributed by atoms with Crippen molar-refractivity contribution >= 4 is 57.9 Å². The van der Waals surface area contributed by atoms with Gasteiger partial charge in [-0.3, -0.25) is 0 Å². The van der Waals surface area contributed by atoms with Crippen LogP contribution in [-0.4, -0.2) is 0 Å². The summed E-state index contributed by atoms with van der Waals surface area (Å²) in [6, 6.07) is 0. The van der Waals surface area contributed by atoms with Gasteiger partial charge in [0.25, 0.3) is 0 Å². The maximum Gasteiger partial charge on any atom is 0.0964 e. The quantitative estimate of drug-likeness (QED) is 0.293. The van der Waals surface area contributed by atoms with E-state index in [4.69, 9.17) is 6.42 Å². The third-order valence-corrected chi connectivity index (χ3v) is 5.19. The lowest BCUT2D eigenvalue weighted by Gasteiger charge is -1.86. The zero-order chi connectivity index (χ0) is 7.82. The second kappa shape index (κ2) is 8.46. The standard InChI is InChI=1S/C6H5I2PS/c1-2-3-4-5-6-10-9(7)8/h1H,3-4H2. The first-order valence-electron chi connectivity index (χ1n) is 2.47. The van der Waals surface area contributed by atoms with Crippen molar-refractivity contribution in [3.63, 3.8) is 0 Å². The summed E-state index contributed by atoms with van der Waals surface area (Å²) in [7, 11) is 0. The average Bonchev–Trinajstić information content (AvgIpc) is 1.87. The molecule has 0 N–H and O–H groups in total. The fourth-order valence-electron chi connectivity index (χ4n) is 0.252. The van der Waals surface area contributed by atoms with E-state index in [1.54, 1.807) is 11.4 Å². The van der Waals surface area contributed by atoms with Crippen LogP contribution in [0.5, 0.6) is 0 Å². The zero-order valence-electron chi connectivity index (χ0n) is 5.10. The van der Waals surface area contributed by atoms with Crippen LogP contribution in [0.2, 0.25) is 0 Å². The second-order valence-electron chi connectivity index (χ2n) is 1.28. The molecule has 0 spiro atoms. The lowest BCUT2D eigenvalue weighted by molar-refractivity contribution is 1.12. The van der Waals surface area contributed by atoms with Crippen LogP contribution in [0.25, 0.3) is 0 Å². The molecule has 0 fully saturated rings. The van der Waals surface area contributed by atoms with Crippen molar-refractivity contribution < 1.29 is 0 Å². The molecule has 0 rings (SSSR count). The van der Waals surface area contributed by atoms with Crippen molar-refractivity contribution in [2.24, 2.45) is 0 Å². The van der Waals surface area contributed by atoms with Crippen LogP contribution in [0, 0.1) is 23.5 Å². The predicted octanol–water partition coefficient (Wildman–Crippen LogP) is 4.19. The van der Waals surface area contributed by atoms with E-state index in [2.05, 4.69) is 61.2 Å². The van der Waals surface area contributed by atoms with E-state index in [0.717, 1.165) is 12.8 Å². The van der Waals surface area contributed by atoms with E-state index in [9.17, 15) is 0 Å². The monoisotopic (exact) mass is 394 g/mol. The molecule has 0 atom stereocenters. The highest BCUT2D eigenvalue weighted by molar-refractivity contribution is 14.3. The number of terminal acetylenes is 1. The van der Waals surface area contributed by atoms with Crippen LogP contribution < -0.4 is 0 Å². The average molecular weight is 394 g/mol. The van der Waals surface area contributed by atoms with Gasteiger partial charge in [-0.1, -0.05) is 5.92 Å². The molecule has 0 aliphatic heterocycles. The molecule has 0 aliphatic carbocycles. The summed E-state index contributed by atoms with van der Waals surface area (Å²) in [5, 5.41) is 3.00. The molecule has 0 radical (unpaired) electrons. The van der Waals surface area contributed by atoms with Gasteiger partial charge in [0.15, 0.2) is 0 Å². The van der Waals surface area contributed by atoms with Crippen LogP contribution in [0.1, 0.15) is 12.8 Å². The number of unbranched alkanes of at least 4 members (excludes halogenated alkanes) is 1. The Balaban J connectivity index is 3.25. The molecular formula is C6H5I2PS. The largest absolute Gasteiger partial charge is 0.120 e. The number of halogens is 2. The molecule has 0 aromatic heterocycles. The summed E-state index contributed by atoms with van der Waals surface area (Å²) < 4.78 is 0.0101. The number of rotatable bonds is 2. The molecule has 0 saturated heterocycles. The van der Waals surface area contributed by atoms with E-state index in [1.165, 1.54) is 0 Å². The van der Waals surface area contributed by atoms with E-state index >= 15 is 0 Å². The Morgan fingerprint density at radius 1 is 1.40 bits per heavy atom. The Kier molecular flexibility index (Phi) is 9.61. The Morgan fingerprint density at radius 3 is 2.60 bits per heavy atom. The SMILES string of the molecule is C#CCCC#CSP(I)I. The Morgan fingerprint density at radius 2 is 2.10 bits per heavy atom. The Labute approximate surface area is 93.1 Å². The molecule has 0 nitrogen and oxygen atoms in total. The van der Waals surface area contributed by atoms with Crippen LogP contribution in [0.15, 0.2) is 0 Å². The van der Waals surface area contributed by atoms with Gasteiger partial charge in [0, 0.05) is 12.8 Å². The van der Waals surface area contributed by atoms with Gasteiger partial charge < -0.3 is 0 Å². The number of hydrogen-bond donors (Lipinski definition) is 0. The van der Waals surface area contributed by atoms with Crippen molar-refractivity contribution in [3.8, 4) is 23.5 Å². The second-order valence-corrected chi connectivity index (χ2v) is 19.0. The third kappa shape index (κ3) is 9.36. The van der Waals surface area contributed by atoms with Gasteiger partial charge in [-0.25, -0.2) is 0 Å². The molecule has 10 heavy (non-hydrogen) atoms. The summed E-state index contributed by atoms with van der Waals surface area (Å²) >= 11 is 6.44. The van der Waals surface area contributed by atoms with Crippen LogP contribution in [-0.2, 0) is 0 Å². The molecular weight excluding hydrogens is 389 g/mol. The highest BCUT2D eigenvalue weighted by atomic mass is 127. The summed E-state index contributed by atoms with van der Waals surface area (Å²) in [5.41, 5.74) is 0. The molecule has 0 saturated carbocycles. The minimum atomic E-state index is 0.0101. The van der Waals surface area contributed by atoms with E-state index < -0.39 is 0 Å². The minimum Gasteiger partial charge on any atom is -0.120 e. The van der Waals surface area contributed by atoms with Crippen molar-refractivity contribution in [2.45, 2.75) is 12.8 Å². The highest BCUT2D eigenvalue weighted by Crippen LogP contribution is 2.64. The van der Waals surface area contributed by atoms with Gasteiger partial charge >= 0.3 is 0 Å². The lowest BCUT2D eigenvalue weighted by atomic mass is 10.3. The summed E-state index contributed by atoms with van der Waals surface area (Å²) in [5.74, 6) is 5.54. The fourth-order valence-corrected chi connectivity index (χ4v) is 2.66. The topological polar surface area (TPSA) is 0 Å². The van der Waals surface area contributed by atoms with Crippen molar-refractivity contribution in [1.29, 1.82) is 0 Å². The smallest absolute Gasteiger partial charge is 0.0964 e. The Bertz CT molecular complexity index is 174. The first-order chi connectivity index (χ1) is 4.77. The fraction of sp³-hybridized carbons (Fsp3) is 0.333. The molecule has 0 bridgehead atoms. The molecule has 0 aliphatic rings. The van der Waals surface area contributed by atoms with Crippen LogP contribution >= 0.6 is 57.9 Å². The van der Waals surface area contributed by atoms with Gasteiger partial charge in [0.05, 0.1) is 2.41 Å². The molecule has 0 unspecified atom stereocenters. The van der Waals surface area contributed by atoms with Gasteiger partial charge in [-0.15, -0.1) is 12.3 Å². The molecule has 54 valence electrons. The van der Waals surface area contributed by atoms with Crippen LogP contribution in [0.4, 0.5) is 0 Å². The Hall–Kier alpha value is 1.36. The van der Waals surface area contributed by atoms with E-state index in [1.807, 2.05) is 0 Å². The summed E-state index contributed by atoms with van der Waals surface area (Å²) in [6.07, 6.45) is 6.65. The van der Waals surface area contributed by atoms with Gasteiger partial charge in [0.2, 0.25) is 0 Å². The maximum atomic E-state index is 5.05. The predicted molar refractivity (Wildman–Crippen MR) is 68.4 cm³/mol. The van der Waals surface area contributed by atoms with Crippen molar-refractivity contribution in [3.05, 3.63) is 0 Å². The third-order valence-electron chi connectivity index (χ3n) is 0.581. The summed E-state index contributed by atoms with van der Waals surface area (Å²) in [6.45, 7) is 0. The zero-order valence-corrected chi connectivity index (χ0v) is 11.1. The lowest BCUT2D eigenvalue weighted by Crippen LogP contribution is -1.60. The molecule has 0 amide bonds.